The number of methoxy groups -OCH3 is 2. The number of nitrogens with zero attached hydrogens (tertiary/aromatic N) is 4. The first-order valence-electron chi connectivity index (χ1n) is 11.5. The van der Waals surface area contributed by atoms with Gasteiger partial charge in [0.25, 0.3) is 11.6 Å². The van der Waals surface area contributed by atoms with Crippen molar-refractivity contribution in [1.29, 1.82) is 0 Å². The van der Waals surface area contributed by atoms with E-state index in [0.29, 0.717) is 36.3 Å². The van der Waals surface area contributed by atoms with Crippen LogP contribution in [0.15, 0.2) is 64.1 Å². The molecule has 0 N–H and O–H groups in total. The molecule has 10 heteroatoms. The largest absolute Gasteiger partial charge is 0.493 e. The van der Waals surface area contributed by atoms with E-state index in [-0.39, 0.29) is 17.6 Å². The number of nitro groups is 1. The quantitative estimate of drug-likeness (QED) is 0.264. The molecule has 4 rings (SSSR count). The number of aliphatic imine (C=N–C) groups is 1. The van der Waals surface area contributed by atoms with Crippen molar-refractivity contribution in [2.24, 2.45) is 4.99 Å². The Balaban J connectivity index is 1.60. The molecule has 0 saturated carbocycles. The fraction of sp³-hybridized carbons (Fsp3) is 0.346. The number of hydrogen-bond donors (Lipinski definition) is 0. The molecule has 36 heavy (non-hydrogen) atoms. The standard InChI is InChI=1S/C26H28N4O6/c1-5-26(25(2)14-6-16-27-25,15-13-18-7-12-21(33-3)22(17-18)34-4)35-24-28-23(36-29-24)19-8-10-20(11-9-19)30(31)32/h6-12,14,16-17H,5,13,15H2,1-4H3. The van der Waals surface area contributed by atoms with Gasteiger partial charge in [0.1, 0.15) is 11.1 Å². The van der Waals surface area contributed by atoms with Gasteiger partial charge in [0, 0.05) is 23.9 Å². The molecule has 0 spiro atoms. The van der Waals surface area contributed by atoms with Crippen LogP contribution < -0.4 is 14.2 Å². The number of non-ortho nitro benzene ring substituents is 1. The number of aryl methyl sites for hydroxylation is 1. The highest BCUT2D eigenvalue weighted by molar-refractivity contribution is 5.75. The molecule has 2 unspecified atom stereocenters. The zero-order valence-electron chi connectivity index (χ0n) is 20.6. The monoisotopic (exact) mass is 492 g/mol. The molecule has 0 radical (unpaired) electrons. The average molecular weight is 493 g/mol. The fourth-order valence-electron chi connectivity index (χ4n) is 4.41. The van der Waals surface area contributed by atoms with E-state index in [1.807, 2.05) is 44.2 Å². The van der Waals surface area contributed by atoms with Crippen LogP contribution in [-0.4, -0.2) is 46.6 Å². The second-order valence-electron chi connectivity index (χ2n) is 8.61. The first-order valence-corrected chi connectivity index (χ1v) is 11.5. The summed E-state index contributed by atoms with van der Waals surface area (Å²) in [5, 5.41) is 15.0. The molecule has 2 heterocycles. The average Bonchev–Trinajstić information content (AvgIpc) is 3.56. The summed E-state index contributed by atoms with van der Waals surface area (Å²) >= 11 is 0. The Morgan fingerprint density at radius 3 is 2.47 bits per heavy atom. The molecule has 2 aromatic carbocycles. The lowest BCUT2D eigenvalue weighted by molar-refractivity contribution is -0.384. The maximum absolute atomic E-state index is 10.9. The Labute approximate surface area is 208 Å². The SMILES string of the molecule is CCC(CCc1ccc(OC)c(OC)c1)(Oc1noc(-c2ccc([N+](=O)[O-])cc2)n1)C1(C)C=CC=N1. The van der Waals surface area contributed by atoms with E-state index >= 15 is 0 Å². The summed E-state index contributed by atoms with van der Waals surface area (Å²) < 4.78 is 22.7. The van der Waals surface area contributed by atoms with Gasteiger partial charge in [-0.2, -0.15) is 4.98 Å². The Hall–Kier alpha value is -4.21. The van der Waals surface area contributed by atoms with E-state index in [1.165, 1.54) is 12.1 Å². The second kappa shape index (κ2) is 10.2. The molecular formula is C26H28N4O6. The molecule has 1 aliphatic rings. The van der Waals surface area contributed by atoms with E-state index < -0.39 is 16.1 Å². The molecule has 1 aromatic heterocycles. The number of ether oxygens (including phenoxy) is 3. The highest BCUT2D eigenvalue weighted by Gasteiger charge is 2.49. The van der Waals surface area contributed by atoms with Crippen LogP contribution in [0.4, 0.5) is 5.69 Å². The number of aromatic nitrogens is 2. The van der Waals surface area contributed by atoms with Crippen molar-refractivity contribution in [3.8, 4) is 29.0 Å². The van der Waals surface area contributed by atoms with Gasteiger partial charge in [-0.25, -0.2) is 0 Å². The molecule has 3 aromatic rings. The number of nitro benzene ring substituents is 1. The van der Waals surface area contributed by atoms with Gasteiger partial charge in [-0.3, -0.25) is 15.1 Å². The predicted octanol–water partition coefficient (Wildman–Crippen LogP) is 5.22. The minimum Gasteiger partial charge on any atom is -0.493 e. The van der Waals surface area contributed by atoms with E-state index in [0.717, 1.165) is 5.56 Å². The molecule has 188 valence electrons. The third-order valence-corrected chi connectivity index (χ3v) is 6.63. The Bertz CT molecular complexity index is 1270. The van der Waals surface area contributed by atoms with Crippen molar-refractivity contribution in [2.75, 3.05) is 14.2 Å². The molecule has 0 aliphatic carbocycles. The summed E-state index contributed by atoms with van der Waals surface area (Å²) in [6, 6.07) is 11.8. The van der Waals surface area contributed by atoms with Crippen molar-refractivity contribution in [2.45, 2.75) is 44.2 Å². The van der Waals surface area contributed by atoms with Gasteiger partial charge in [-0.05, 0) is 67.2 Å². The lowest BCUT2D eigenvalue weighted by atomic mass is 9.76. The number of hydrogen-bond acceptors (Lipinski definition) is 9. The molecule has 0 fully saturated rings. The van der Waals surface area contributed by atoms with Crippen LogP contribution in [0.3, 0.4) is 0 Å². The van der Waals surface area contributed by atoms with Crippen molar-refractivity contribution in [1.82, 2.24) is 10.1 Å². The van der Waals surface area contributed by atoms with Gasteiger partial charge in [0.15, 0.2) is 11.5 Å². The minimum atomic E-state index is -0.777. The maximum atomic E-state index is 10.9. The lowest BCUT2D eigenvalue weighted by Crippen LogP contribution is -2.53. The third kappa shape index (κ3) is 4.79. The normalized spacial score (nSPS) is 18.1. The smallest absolute Gasteiger partial charge is 0.355 e. The predicted molar refractivity (Wildman–Crippen MR) is 134 cm³/mol. The number of benzene rings is 2. The van der Waals surface area contributed by atoms with Gasteiger partial charge in [0.2, 0.25) is 0 Å². The van der Waals surface area contributed by atoms with Crippen LogP contribution >= 0.6 is 0 Å². The number of allylic oxidation sites excluding steroid dienone is 1. The molecule has 0 bridgehead atoms. The lowest BCUT2D eigenvalue weighted by Gasteiger charge is -2.42. The van der Waals surface area contributed by atoms with Crippen LogP contribution in [-0.2, 0) is 6.42 Å². The third-order valence-electron chi connectivity index (χ3n) is 6.63. The number of rotatable bonds is 11. The van der Waals surface area contributed by atoms with Crippen LogP contribution in [0.1, 0.15) is 32.3 Å². The Morgan fingerprint density at radius 2 is 1.86 bits per heavy atom. The van der Waals surface area contributed by atoms with Gasteiger partial charge < -0.3 is 18.7 Å². The van der Waals surface area contributed by atoms with E-state index in [1.54, 1.807) is 32.6 Å². The van der Waals surface area contributed by atoms with E-state index in [9.17, 15) is 10.1 Å². The highest BCUT2D eigenvalue weighted by Crippen LogP contribution is 2.41. The minimum absolute atomic E-state index is 0.0197. The summed E-state index contributed by atoms with van der Waals surface area (Å²) in [6.45, 7) is 4.06. The van der Waals surface area contributed by atoms with Crippen molar-refractivity contribution < 1.29 is 23.7 Å². The van der Waals surface area contributed by atoms with Crippen LogP contribution in [0.25, 0.3) is 11.5 Å². The van der Waals surface area contributed by atoms with Crippen LogP contribution in [0.5, 0.6) is 17.5 Å². The van der Waals surface area contributed by atoms with Crippen molar-refractivity contribution >= 4 is 11.9 Å². The molecule has 0 amide bonds. The molecule has 0 saturated heterocycles. The topological polar surface area (TPSA) is 122 Å². The fourth-order valence-corrected chi connectivity index (χ4v) is 4.41. The maximum Gasteiger partial charge on any atom is 0.355 e. The van der Waals surface area contributed by atoms with Crippen LogP contribution in [0.2, 0.25) is 0 Å². The Morgan fingerprint density at radius 1 is 1.11 bits per heavy atom. The van der Waals surface area contributed by atoms with Gasteiger partial charge >= 0.3 is 6.01 Å². The summed E-state index contributed by atoms with van der Waals surface area (Å²) in [7, 11) is 3.22. The second-order valence-corrected chi connectivity index (χ2v) is 8.61. The van der Waals surface area contributed by atoms with Gasteiger partial charge in [-0.15, -0.1) is 0 Å². The molecular weight excluding hydrogens is 464 g/mol. The molecule has 2 atom stereocenters. The summed E-state index contributed by atoms with van der Waals surface area (Å²) in [6.07, 6.45) is 7.60. The molecule has 1 aliphatic heterocycles. The van der Waals surface area contributed by atoms with Crippen molar-refractivity contribution in [3.05, 3.63) is 70.3 Å². The van der Waals surface area contributed by atoms with E-state index in [2.05, 4.69) is 10.1 Å². The van der Waals surface area contributed by atoms with Crippen LogP contribution in [0, 0.1) is 10.1 Å². The first-order chi connectivity index (χ1) is 17.3. The molecule has 10 nitrogen and oxygen atoms in total. The zero-order valence-corrected chi connectivity index (χ0v) is 20.6. The summed E-state index contributed by atoms with van der Waals surface area (Å²) in [4.78, 5) is 19.6. The van der Waals surface area contributed by atoms with Gasteiger partial charge in [0.05, 0.1) is 19.1 Å². The summed E-state index contributed by atoms with van der Waals surface area (Å²) in [5.74, 6) is 1.54. The zero-order chi connectivity index (χ0) is 25.8. The Kier molecular flexibility index (Phi) is 7.05. The highest BCUT2D eigenvalue weighted by atomic mass is 16.6. The first kappa shape index (κ1) is 24.9. The van der Waals surface area contributed by atoms with Crippen molar-refractivity contribution in [3.63, 3.8) is 0 Å². The van der Waals surface area contributed by atoms with E-state index in [4.69, 9.17) is 23.7 Å². The van der Waals surface area contributed by atoms with Gasteiger partial charge in [-0.1, -0.05) is 19.1 Å². The summed E-state index contributed by atoms with van der Waals surface area (Å²) in [5.41, 5.74) is 0.171.